The summed E-state index contributed by atoms with van der Waals surface area (Å²) in [7, 11) is 1.40. The highest BCUT2D eigenvalue weighted by Crippen LogP contribution is 2.29. The van der Waals surface area contributed by atoms with Crippen molar-refractivity contribution in [1.29, 1.82) is 0 Å². The van der Waals surface area contributed by atoms with Crippen LogP contribution >= 0.6 is 11.6 Å². The molecular weight excluding hydrogens is 342 g/mol. The molecule has 0 spiro atoms. The van der Waals surface area contributed by atoms with Crippen LogP contribution in [0, 0.1) is 5.92 Å². The van der Waals surface area contributed by atoms with Gasteiger partial charge in [-0.05, 0) is 42.7 Å². The molecule has 2 aliphatic rings. The number of fused-ring (bicyclic) bond motifs is 1. The average Bonchev–Trinajstić information content (AvgIpc) is 2.65. The summed E-state index contributed by atoms with van der Waals surface area (Å²) >= 11 is 6.00. The number of halogens is 1. The maximum absolute atomic E-state index is 12.3. The van der Waals surface area contributed by atoms with Gasteiger partial charge in [-0.3, -0.25) is 9.59 Å². The van der Waals surface area contributed by atoms with E-state index in [1.807, 2.05) is 18.2 Å². The number of esters is 1. The molecule has 2 heterocycles. The standard InChI is InChI=1S/C19H20ClNO4/c1-24-19(23)14-6-8-21(9-7-14)18(22)5-2-13-10-15-11-16(20)3-4-17(15)25-12-13/h2-5,10-11,14H,6-9,12H2,1H3/b5-2+. The van der Waals surface area contributed by atoms with Gasteiger partial charge in [-0.2, -0.15) is 0 Å². The van der Waals surface area contributed by atoms with Crippen molar-refractivity contribution in [1.82, 2.24) is 4.90 Å². The number of rotatable bonds is 3. The van der Waals surface area contributed by atoms with Crippen LogP contribution in [0.3, 0.4) is 0 Å². The number of nitrogens with zero attached hydrogens (tertiary/aromatic N) is 1. The summed E-state index contributed by atoms with van der Waals surface area (Å²) in [6.45, 7) is 1.55. The van der Waals surface area contributed by atoms with E-state index in [1.165, 1.54) is 7.11 Å². The molecule has 0 atom stereocenters. The van der Waals surface area contributed by atoms with Gasteiger partial charge in [-0.1, -0.05) is 17.7 Å². The van der Waals surface area contributed by atoms with Gasteiger partial charge in [0.25, 0.3) is 0 Å². The van der Waals surface area contributed by atoms with Crippen molar-refractivity contribution in [3.05, 3.63) is 46.5 Å². The second-order valence-corrected chi connectivity index (χ2v) is 6.58. The van der Waals surface area contributed by atoms with E-state index in [1.54, 1.807) is 23.1 Å². The van der Waals surface area contributed by atoms with Gasteiger partial charge in [0, 0.05) is 29.8 Å². The Hall–Kier alpha value is -2.27. The molecule has 1 aromatic carbocycles. The molecule has 1 saturated heterocycles. The van der Waals surface area contributed by atoms with Crippen LogP contribution in [0.25, 0.3) is 6.08 Å². The molecule has 0 unspecified atom stereocenters. The highest BCUT2D eigenvalue weighted by atomic mass is 35.5. The first-order valence-corrected chi connectivity index (χ1v) is 8.62. The van der Waals surface area contributed by atoms with E-state index in [9.17, 15) is 9.59 Å². The predicted octanol–water partition coefficient (Wildman–Crippen LogP) is 3.08. The van der Waals surface area contributed by atoms with Gasteiger partial charge < -0.3 is 14.4 Å². The van der Waals surface area contributed by atoms with E-state index in [2.05, 4.69) is 0 Å². The van der Waals surface area contributed by atoms with Crippen LogP contribution in [0.5, 0.6) is 5.75 Å². The number of carbonyl (C=O) groups excluding carboxylic acids is 2. The molecule has 0 N–H and O–H groups in total. The Kier molecular flexibility index (Phi) is 5.43. The summed E-state index contributed by atoms with van der Waals surface area (Å²) in [6.07, 6.45) is 6.59. The van der Waals surface area contributed by atoms with E-state index in [0.29, 0.717) is 37.6 Å². The highest BCUT2D eigenvalue weighted by Gasteiger charge is 2.27. The highest BCUT2D eigenvalue weighted by molar-refractivity contribution is 6.30. The van der Waals surface area contributed by atoms with Crippen molar-refractivity contribution in [3.8, 4) is 5.75 Å². The fourth-order valence-electron chi connectivity index (χ4n) is 3.05. The first-order chi connectivity index (χ1) is 12.1. The second-order valence-electron chi connectivity index (χ2n) is 6.15. The Bertz CT molecular complexity index is 733. The van der Waals surface area contributed by atoms with Crippen molar-refractivity contribution < 1.29 is 19.1 Å². The first-order valence-electron chi connectivity index (χ1n) is 8.24. The van der Waals surface area contributed by atoms with Gasteiger partial charge in [0.1, 0.15) is 12.4 Å². The maximum atomic E-state index is 12.3. The first kappa shape index (κ1) is 17.5. The zero-order chi connectivity index (χ0) is 17.8. The van der Waals surface area contributed by atoms with Crippen molar-refractivity contribution in [3.63, 3.8) is 0 Å². The maximum Gasteiger partial charge on any atom is 0.308 e. The zero-order valence-corrected chi connectivity index (χ0v) is 14.8. The quantitative estimate of drug-likeness (QED) is 0.613. The Labute approximate surface area is 151 Å². The lowest BCUT2D eigenvalue weighted by molar-refractivity contribution is -0.148. The lowest BCUT2D eigenvalue weighted by Gasteiger charge is -2.29. The van der Waals surface area contributed by atoms with Crippen molar-refractivity contribution in [2.24, 2.45) is 5.92 Å². The molecule has 0 radical (unpaired) electrons. The second kappa shape index (κ2) is 7.74. The molecule has 1 aromatic rings. The fourth-order valence-corrected chi connectivity index (χ4v) is 3.23. The van der Waals surface area contributed by atoms with E-state index in [-0.39, 0.29) is 17.8 Å². The molecule has 3 rings (SSSR count). The van der Waals surface area contributed by atoms with Crippen molar-refractivity contribution >= 4 is 29.6 Å². The molecule has 1 amide bonds. The number of hydrogen-bond acceptors (Lipinski definition) is 4. The summed E-state index contributed by atoms with van der Waals surface area (Å²) in [5, 5.41) is 0.647. The Morgan fingerprint density at radius 3 is 2.80 bits per heavy atom. The van der Waals surface area contributed by atoms with Crippen LogP contribution in [0.15, 0.2) is 35.9 Å². The van der Waals surface area contributed by atoms with Gasteiger partial charge in [-0.25, -0.2) is 0 Å². The van der Waals surface area contributed by atoms with Crippen LogP contribution in [0.2, 0.25) is 5.02 Å². The minimum Gasteiger partial charge on any atom is -0.488 e. The van der Waals surface area contributed by atoms with Crippen LogP contribution in [-0.4, -0.2) is 43.6 Å². The van der Waals surface area contributed by atoms with Crippen LogP contribution < -0.4 is 4.74 Å². The molecule has 0 saturated carbocycles. The monoisotopic (exact) mass is 361 g/mol. The molecule has 0 aromatic heterocycles. The molecule has 0 aliphatic carbocycles. The number of piperidine rings is 1. The third-order valence-corrected chi connectivity index (χ3v) is 4.72. The minimum absolute atomic E-state index is 0.0545. The lowest BCUT2D eigenvalue weighted by atomic mass is 9.97. The number of ether oxygens (including phenoxy) is 2. The van der Waals surface area contributed by atoms with Crippen LogP contribution in [0.1, 0.15) is 18.4 Å². The smallest absolute Gasteiger partial charge is 0.308 e. The van der Waals surface area contributed by atoms with Gasteiger partial charge in [0.15, 0.2) is 0 Å². The Morgan fingerprint density at radius 1 is 1.32 bits per heavy atom. The van der Waals surface area contributed by atoms with Gasteiger partial charge >= 0.3 is 5.97 Å². The molecule has 0 bridgehead atoms. The number of carbonyl (C=O) groups is 2. The summed E-state index contributed by atoms with van der Waals surface area (Å²) in [5.74, 6) is 0.442. The molecule has 132 valence electrons. The lowest BCUT2D eigenvalue weighted by Crippen LogP contribution is -2.39. The molecule has 1 fully saturated rings. The number of hydrogen-bond donors (Lipinski definition) is 0. The van der Waals surface area contributed by atoms with Crippen molar-refractivity contribution in [2.45, 2.75) is 12.8 Å². The van der Waals surface area contributed by atoms with Gasteiger partial charge in [-0.15, -0.1) is 0 Å². The largest absolute Gasteiger partial charge is 0.488 e. The zero-order valence-electron chi connectivity index (χ0n) is 14.0. The summed E-state index contributed by atoms with van der Waals surface area (Å²) in [6, 6.07) is 5.46. The van der Waals surface area contributed by atoms with Crippen LogP contribution in [0.4, 0.5) is 0 Å². The minimum atomic E-state index is -0.190. The van der Waals surface area contributed by atoms with E-state index in [0.717, 1.165) is 16.9 Å². The summed E-state index contributed by atoms with van der Waals surface area (Å²) in [4.78, 5) is 25.6. The topological polar surface area (TPSA) is 55.8 Å². The van der Waals surface area contributed by atoms with E-state index < -0.39 is 0 Å². The predicted molar refractivity (Wildman–Crippen MR) is 95.4 cm³/mol. The SMILES string of the molecule is COC(=O)C1CCN(C(=O)/C=C/C2=Cc3cc(Cl)ccc3OC2)CC1. The number of amides is 1. The summed E-state index contributed by atoms with van der Waals surface area (Å²) in [5.41, 5.74) is 1.82. The molecule has 2 aliphatic heterocycles. The number of methoxy groups -OCH3 is 1. The molecule has 5 nitrogen and oxygen atoms in total. The molecule has 25 heavy (non-hydrogen) atoms. The Morgan fingerprint density at radius 2 is 2.08 bits per heavy atom. The van der Waals surface area contributed by atoms with E-state index in [4.69, 9.17) is 21.1 Å². The Balaban J connectivity index is 1.59. The van der Waals surface area contributed by atoms with E-state index >= 15 is 0 Å². The molecular formula is C19H20ClNO4. The third-order valence-electron chi connectivity index (χ3n) is 4.49. The number of benzene rings is 1. The average molecular weight is 362 g/mol. The van der Waals surface area contributed by atoms with Gasteiger partial charge in [0.05, 0.1) is 13.0 Å². The van der Waals surface area contributed by atoms with Crippen LogP contribution in [-0.2, 0) is 14.3 Å². The van der Waals surface area contributed by atoms with Crippen molar-refractivity contribution in [2.75, 3.05) is 26.8 Å². The fraction of sp³-hybridized carbons (Fsp3) is 0.368. The third kappa shape index (κ3) is 4.23. The summed E-state index contributed by atoms with van der Waals surface area (Å²) < 4.78 is 10.4. The molecule has 6 heteroatoms. The van der Waals surface area contributed by atoms with Gasteiger partial charge in [0.2, 0.25) is 5.91 Å². The normalized spacial score (nSPS) is 17.7. The number of likely N-dealkylation sites (tertiary alicyclic amines) is 1.